The summed E-state index contributed by atoms with van der Waals surface area (Å²) < 4.78 is 0. The van der Waals surface area contributed by atoms with Crippen molar-refractivity contribution >= 4 is 66.3 Å². The predicted molar refractivity (Wildman–Crippen MR) is 211 cm³/mol. The minimum atomic E-state index is -1.40. The fraction of sp³-hybridized carbons (Fsp3) is 0.571. The summed E-state index contributed by atoms with van der Waals surface area (Å²) in [7, 11) is 0. The zero-order valence-corrected chi connectivity index (χ0v) is 32.9. The Bertz CT molecular complexity index is 1540. The van der Waals surface area contributed by atoms with Gasteiger partial charge in [0.25, 0.3) is 0 Å². The van der Waals surface area contributed by atoms with Crippen molar-refractivity contribution in [1.29, 1.82) is 0 Å². The number of nitrogens with two attached hydrogens (primary N) is 2. The molecule has 0 aliphatic carbocycles. The molecule has 1 aromatic carbocycles. The molecular formula is C35H56N10O11S. The molecule has 0 radical (unpaired) electrons. The number of hydrogen-bond donors (Lipinski definition) is 13. The maximum Gasteiger partial charge on any atom is 0.326 e. The summed E-state index contributed by atoms with van der Waals surface area (Å²) in [6.45, 7) is 4.10. The molecule has 0 aliphatic rings. The van der Waals surface area contributed by atoms with Crippen LogP contribution in [-0.4, -0.2) is 118 Å². The van der Waals surface area contributed by atoms with E-state index < -0.39 is 78.7 Å². The summed E-state index contributed by atoms with van der Waals surface area (Å²) in [5.74, 6) is -5.67. The van der Waals surface area contributed by atoms with Crippen LogP contribution < -0.4 is 48.7 Å². The topological polar surface area (TPSA) is 346 Å². The van der Waals surface area contributed by atoms with Crippen LogP contribution in [0.4, 0.5) is 9.59 Å². The first-order valence-electron chi connectivity index (χ1n) is 18.3. The number of aliphatic imine (C=N–C) groups is 1. The normalized spacial score (nSPS) is 13.2. The van der Waals surface area contributed by atoms with E-state index in [-0.39, 0.29) is 62.6 Å². The maximum absolute atomic E-state index is 13.2. The first-order valence-corrected chi connectivity index (χ1v) is 18.9. The largest absolute Gasteiger partial charge is 0.481 e. The van der Waals surface area contributed by atoms with Crippen molar-refractivity contribution in [2.24, 2.45) is 16.5 Å². The van der Waals surface area contributed by atoms with E-state index in [0.29, 0.717) is 31.4 Å². The van der Waals surface area contributed by atoms with Gasteiger partial charge in [-0.2, -0.15) is 12.6 Å². The van der Waals surface area contributed by atoms with E-state index in [2.05, 4.69) is 54.8 Å². The van der Waals surface area contributed by atoms with Crippen LogP contribution in [0.2, 0.25) is 0 Å². The first-order chi connectivity index (χ1) is 26.9. The van der Waals surface area contributed by atoms with Crippen molar-refractivity contribution in [3.63, 3.8) is 0 Å². The zero-order valence-electron chi connectivity index (χ0n) is 32.0. The lowest BCUT2D eigenvalue weighted by atomic mass is 10.1. The average molecular weight is 825 g/mol. The van der Waals surface area contributed by atoms with E-state index in [1.54, 1.807) is 38.1 Å². The number of guanidine groups is 1. The number of amides is 7. The number of rotatable bonds is 27. The highest BCUT2D eigenvalue weighted by atomic mass is 32.1. The smallest absolute Gasteiger partial charge is 0.326 e. The van der Waals surface area contributed by atoms with E-state index in [1.807, 2.05) is 0 Å². The van der Waals surface area contributed by atoms with Crippen molar-refractivity contribution in [3.05, 3.63) is 35.4 Å². The summed E-state index contributed by atoms with van der Waals surface area (Å²) in [5.41, 5.74) is 12.1. The Labute approximate surface area is 335 Å². The molecule has 1 aromatic rings. The van der Waals surface area contributed by atoms with Crippen molar-refractivity contribution in [2.75, 3.05) is 18.8 Å². The Morgan fingerprint density at radius 3 is 1.93 bits per heavy atom. The number of nitrogens with one attached hydrogen (secondary N) is 7. The molecule has 1 rings (SSSR count). The number of hydrogen-bond acceptors (Lipinski definition) is 10. The third-order valence-electron chi connectivity index (χ3n) is 8.09. The van der Waals surface area contributed by atoms with Crippen LogP contribution in [0.1, 0.15) is 76.3 Å². The van der Waals surface area contributed by atoms with Gasteiger partial charge < -0.3 is 64.0 Å². The van der Waals surface area contributed by atoms with E-state index in [1.165, 1.54) is 0 Å². The number of aliphatic carboxylic acids is 3. The maximum atomic E-state index is 13.2. The van der Waals surface area contributed by atoms with Gasteiger partial charge in [0, 0.05) is 43.9 Å². The number of carboxylic acid groups (broad SMARTS) is 3. The zero-order chi connectivity index (χ0) is 42.9. The number of carboxylic acids is 3. The molecule has 5 atom stereocenters. The number of unbranched alkanes of at least 4 members (excludes halogenated alkanes) is 1. The lowest BCUT2D eigenvalue weighted by molar-refractivity contribution is -0.141. The lowest BCUT2D eigenvalue weighted by Crippen LogP contribution is -2.55. The third-order valence-corrected chi connectivity index (χ3v) is 8.64. The van der Waals surface area contributed by atoms with Crippen LogP contribution in [0.25, 0.3) is 0 Å². The molecule has 0 unspecified atom stereocenters. The molecule has 14 N–H and O–H groups in total. The number of carbonyl (C=O) groups excluding carboxylic acids is 5. The van der Waals surface area contributed by atoms with Crippen LogP contribution in [0, 0.1) is 0 Å². The van der Waals surface area contributed by atoms with Gasteiger partial charge in [-0.15, -0.1) is 0 Å². The molecule has 22 heteroatoms. The SMILES string of the molecule is C[C@H](CCCCNC(=O)NCc1ccc(CC(=O)N[C@@H](CCCN=C(N)N)C(=O)N[C@@H](CC(=O)O)C(=O)N[C@H](C)CS)cc1)NC(=O)N[C@@H](CCC(=O)O)C(=O)O. The quantitative estimate of drug-likeness (QED) is 0.0223. The first kappa shape index (κ1) is 49.2. The van der Waals surface area contributed by atoms with Crippen molar-refractivity contribution < 1.29 is 53.7 Å². The summed E-state index contributed by atoms with van der Waals surface area (Å²) in [6, 6.07) is 1.12. The highest BCUT2D eigenvalue weighted by Crippen LogP contribution is 2.08. The molecule has 0 spiro atoms. The molecule has 0 saturated heterocycles. The minimum absolute atomic E-state index is 0.0832. The summed E-state index contributed by atoms with van der Waals surface area (Å²) >= 11 is 4.10. The Balaban J connectivity index is 2.60. The highest BCUT2D eigenvalue weighted by molar-refractivity contribution is 7.80. The lowest BCUT2D eigenvalue weighted by Gasteiger charge is -2.23. The Hall–Kier alpha value is -5.80. The molecule has 0 bridgehead atoms. The molecule has 0 aromatic heterocycles. The molecule has 0 saturated carbocycles. The molecule has 0 aliphatic heterocycles. The van der Waals surface area contributed by atoms with Gasteiger partial charge in [-0.3, -0.25) is 29.0 Å². The monoisotopic (exact) mass is 824 g/mol. The molecule has 318 valence electrons. The second-order valence-corrected chi connectivity index (χ2v) is 13.6. The Morgan fingerprint density at radius 1 is 0.684 bits per heavy atom. The van der Waals surface area contributed by atoms with Crippen LogP contribution in [-0.2, 0) is 41.7 Å². The molecule has 57 heavy (non-hydrogen) atoms. The van der Waals surface area contributed by atoms with Gasteiger partial charge in [0.15, 0.2) is 5.96 Å². The summed E-state index contributed by atoms with van der Waals surface area (Å²) in [5, 5.41) is 45.2. The number of urea groups is 2. The average Bonchev–Trinajstić information content (AvgIpc) is 3.13. The van der Waals surface area contributed by atoms with Gasteiger partial charge in [-0.25, -0.2) is 14.4 Å². The van der Waals surface area contributed by atoms with Gasteiger partial charge in [-0.1, -0.05) is 24.3 Å². The fourth-order valence-electron chi connectivity index (χ4n) is 5.07. The number of carbonyl (C=O) groups is 8. The van der Waals surface area contributed by atoms with Crippen molar-refractivity contribution in [2.45, 2.75) is 108 Å². The molecular weight excluding hydrogens is 769 g/mol. The van der Waals surface area contributed by atoms with Gasteiger partial charge >= 0.3 is 30.0 Å². The number of thiol groups is 1. The van der Waals surface area contributed by atoms with Crippen LogP contribution >= 0.6 is 12.6 Å². The van der Waals surface area contributed by atoms with Gasteiger partial charge in [0.1, 0.15) is 18.1 Å². The Kier molecular flexibility index (Phi) is 23.2. The van der Waals surface area contributed by atoms with Crippen LogP contribution in [0.3, 0.4) is 0 Å². The van der Waals surface area contributed by atoms with Crippen LogP contribution in [0.5, 0.6) is 0 Å². The molecule has 0 heterocycles. The Morgan fingerprint density at radius 2 is 1.33 bits per heavy atom. The summed E-state index contributed by atoms with van der Waals surface area (Å²) in [6.07, 6.45) is 0.702. The van der Waals surface area contributed by atoms with Crippen LogP contribution in [0.15, 0.2) is 29.3 Å². The molecule has 21 nitrogen and oxygen atoms in total. The van der Waals surface area contributed by atoms with E-state index >= 15 is 0 Å². The van der Waals surface area contributed by atoms with Crippen molar-refractivity contribution in [1.82, 2.24) is 37.2 Å². The minimum Gasteiger partial charge on any atom is -0.481 e. The molecule has 0 fully saturated rings. The van der Waals surface area contributed by atoms with Crippen molar-refractivity contribution in [3.8, 4) is 0 Å². The number of nitrogens with zero attached hydrogens (tertiary/aromatic N) is 1. The van der Waals surface area contributed by atoms with Gasteiger partial charge in [0.05, 0.1) is 12.8 Å². The van der Waals surface area contributed by atoms with E-state index in [9.17, 15) is 48.6 Å². The van der Waals surface area contributed by atoms with E-state index in [0.717, 1.165) is 5.56 Å². The fourth-order valence-corrected chi connectivity index (χ4v) is 5.16. The van der Waals surface area contributed by atoms with E-state index in [4.69, 9.17) is 16.6 Å². The highest BCUT2D eigenvalue weighted by Gasteiger charge is 2.29. The third kappa shape index (κ3) is 23.0. The predicted octanol–water partition coefficient (Wildman–Crippen LogP) is -0.863. The second-order valence-electron chi connectivity index (χ2n) is 13.3. The standard InChI is InChI=1S/C35H56N10O11S/c1-20(42-35(56)45-25(32(53)54)12-13-28(47)48)6-3-4-14-39-34(55)40-18-23-10-8-22(9-11-23)16-27(46)43-24(7-5-15-38-33(36)37)30(51)44-26(17-29(49)50)31(52)41-21(2)19-57/h8-11,20-21,24-26,57H,3-7,12-19H2,1-2H3,(H,41,52)(H,43,46)(H,44,51)(H,47,48)(H,49,50)(H,53,54)(H4,36,37,38)(H2,39,40,55)(H2,42,45,56)/t20-,21-,24+,25+,26+/m1/s1. The summed E-state index contributed by atoms with van der Waals surface area (Å²) in [4.78, 5) is 101. The number of benzene rings is 1. The molecule has 7 amide bonds. The van der Waals surface area contributed by atoms with Gasteiger partial charge in [0.2, 0.25) is 17.7 Å². The second kappa shape index (κ2) is 26.9. The van der Waals surface area contributed by atoms with Gasteiger partial charge in [-0.05, 0) is 63.5 Å².